The molecule has 0 saturated carbocycles. The predicted molar refractivity (Wildman–Crippen MR) is 78.6 cm³/mol. The molecule has 0 bridgehead atoms. The van der Waals surface area contributed by atoms with E-state index in [-0.39, 0.29) is 5.69 Å². The summed E-state index contributed by atoms with van der Waals surface area (Å²) < 4.78 is 10.4. The Bertz CT molecular complexity index is 433. The molecule has 1 aromatic rings. The molecule has 7 nitrogen and oxygen atoms in total. The van der Waals surface area contributed by atoms with Crippen molar-refractivity contribution >= 4 is 5.69 Å². The number of nitro benzene ring substituents is 1. The van der Waals surface area contributed by atoms with E-state index in [1.54, 1.807) is 26.2 Å². The van der Waals surface area contributed by atoms with E-state index in [0.717, 1.165) is 0 Å². The first-order valence-electron chi connectivity index (χ1n) is 6.74. The van der Waals surface area contributed by atoms with Crippen molar-refractivity contribution in [3.8, 4) is 5.75 Å². The molecule has 0 spiro atoms. The number of ether oxygens (including phenoxy) is 2. The van der Waals surface area contributed by atoms with Crippen molar-refractivity contribution in [2.24, 2.45) is 0 Å². The van der Waals surface area contributed by atoms with E-state index in [2.05, 4.69) is 5.32 Å². The summed E-state index contributed by atoms with van der Waals surface area (Å²) in [5.41, 5.74) is -0.779. The number of nitrogens with zero attached hydrogens (tertiary/aromatic N) is 1. The number of nitro groups is 1. The molecule has 118 valence electrons. The van der Waals surface area contributed by atoms with E-state index >= 15 is 0 Å². The Balaban J connectivity index is 2.20. The first kappa shape index (κ1) is 17.4. The minimum absolute atomic E-state index is 0.0367. The third-order valence-electron chi connectivity index (χ3n) is 2.95. The highest BCUT2D eigenvalue weighted by Crippen LogP contribution is 2.17. The standard InChI is InChI=1S/C14H22N2O5/c1-14(17,7-9-20-2)11-15-8-10-21-13-5-3-12(4-6-13)16(18)19/h3-6,15,17H,7-11H2,1-2H3. The Morgan fingerprint density at radius 1 is 1.33 bits per heavy atom. The fourth-order valence-electron chi connectivity index (χ4n) is 1.67. The van der Waals surface area contributed by atoms with Gasteiger partial charge in [-0.15, -0.1) is 0 Å². The highest BCUT2D eigenvalue weighted by atomic mass is 16.6. The van der Waals surface area contributed by atoms with Gasteiger partial charge in [-0.2, -0.15) is 0 Å². The molecule has 0 aromatic heterocycles. The second-order valence-electron chi connectivity index (χ2n) is 5.02. The maximum Gasteiger partial charge on any atom is 0.269 e. The number of non-ortho nitro benzene ring substituents is 1. The van der Waals surface area contributed by atoms with Crippen LogP contribution in [-0.2, 0) is 4.74 Å². The molecule has 0 amide bonds. The van der Waals surface area contributed by atoms with Crippen LogP contribution >= 0.6 is 0 Å². The lowest BCUT2D eigenvalue weighted by Crippen LogP contribution is -2.40. The smallest absolute Gasteiger partial charge is 0.269 e. The van der Waals surface area contributed by atoms with Crippen molar-refractivity contribution in [1.29, 1.82) is 0 Å². The van der Waals surface area contributed by atoms with Gasteiger partial charge < -0.3 is 19.9 Å². The van der Waals surface area contributed by atoms with Crippen LogP contribution in [0.2, 0.25) is 0 Å². The van der Waals surface area contributed by atoms with Gasteiger partial charge in [0.2, 0.25) is 0 Å². The maximum atomic E-state index is 10.5. The van der Waals surface area contributed by atoms with Crippen molar-refractivity contribution in [3.63, 3.8) is 0 Å². The fourth-order valence-corrected chi connectivity index (χ4v) is 1.67. The molecule has 0 saturated heterocycles. The number of aliphatic hydroxyl groups is 1. The molecule has 1 atom stereocenters. The number of rotatable bonds is 10. The molecular weight excluding hydrogens is 276 g/mol. The fraction of sp³-hybridized carbons (Fsp3) is 0.571. The van der Waals surface area contributed by atoms with Crippen molar-refractivity contribution < 1.29 is 19.5 Å². The second-order valence-corrected chi connectivity index (χ2v) is 5.02. The quantitative estimate of drug-likeness (QED) is 0.385. The van der Waals surface area contributed by atoms with Crippen LogP contribution in [0.3, 0.4) is 0 Å². The summed E-state index contributed by atoms with van der Waals surface area (Å²) >= 11 is 0. The van der Waals surface area contributed by atoms with Gasteiger partial charge in [-0.05, 0) is 19.1 Å². The van der Waals surface area contributed by atoms with E-state index in [0.29, 0.717) is 38.5 Å². The van der Waals surface area contributed by atoms with Gasteiger partial charge in [0, 0.05) is 45.4 Å². The number of hydrogen-bond donors (Lipinski definition) is 2. The Hall–Kier alpha value is -1.70. The SMILES string of the molecule is COCCC(C)(O)CNCCOc1ccc([N+](=O)[O-])cc1. The lowest BCUT2D eigenvalue weighted by molar-refractivity contribution is -0.384. The van der Waals surface area contributed by atoms with Gasteiger partial charge in [-0.25, -0.2) is 0 Å². The van der Waals surface area contributed by atoms with Crippen molar-refractivity contribution in [3.05, 3.63) is 34.4 Å². The summed E-state index contributed by atoms with van der Waals surface area (Å²) in [5.74, 6) is 0.577. The van der Waals surface area contributed by atoms with Crippen LogP contribution in [0.25, 0.3) is 0 Å². The summed E-state index contributed by atoms with van der Waals surface area (Å²) in [4.78, 5) is 10.1. The van der Waals surface area contributed by atoms with Gasteiger partial charge in [-0.1, -0.05) is 0 Å². The molecule has 7 heteroatoms. The molecule has 1 aromatic carbocycles. The molecule has 0 fully saturated rings. The Kier molecular flexibility index (Phi) is 7.07. The molecule has 0 aliphatic carbocycles. The van der Waals surface area contributed by atoms with Crippen LogP contribution < -0.4 is 10.1 Å². The summed E-state index contributed by atoms with van der Waals surface area (Å²) in [6, 6.07) is 5.93. The van der Waals surface area contributed by atoms with Gasteiger partial charge in [0.25, 0.3) is 5.69 Å². The first-order valence-corrected chi connectivity index (χ1v) is 6.74. The molecule has 0 heterocycles. The van der Waals surface area contributed by atoms with E-state index in [1.165, 1.54) is 12.1 Å². The molecule has 0 radical (unpaired) electrons. The lowest BCUT2D eigenvalue weighted by Gasteiger charge is -2.23. The zero-order valence-electron chi connectivity index (χ0n) is 12.4. The van der Waals surface area contributed by atoms with Crippen LogP contribution in [0.15, 0.2) is 24.3 Å². The topological polar surface area (TPSA) is 93.9 Å². The third kappa shape index (κ3) is 7.03. The van der Waals surface area contributed by atoms with Gasteiger partial charge in [0.1, 0.15) is 12.4 Å². The summed E-state index contributed by atoms with van der Waals surface area (Å²) in [7, 11) is 1.60. The number of methoxy groups -OCH3 is 1. The third-order valence-corrected chi connectivity index (χ3v) is 2.95. The van der Waals surface area contributed by atoms with E-state index in [9.17, 15) is 15.2 Å². The summed E-state index contributed by atoms with van der Waals surface area (Å²) in [6.07, 6.45) is 0.555. The van der Waals surface area contributed by atoms with E-state index in [1.807, 2.05) is 0 Å². The molecule has 1 unspecified atom stereocenters. The average molecular weight is 298 g/mol. The van der Waals surface area contributed by atoms with Gasteiger partial charge >= 0.3 is 0 Å². The van der Waals surface area contributed by atoms with Crippen LogP contribution in [0, 0.1) is 10.1 Å². The highest BCUT2D eigenvalue weighted by Gasteiger charge is 2.18. The summed E-state index contributed by atoms with van der Waals surface area (Å²) in [6.45, 7) is 3.68. The number of benzene rings is 1. The average Bonchev–Trinajstić information content (AvgIpc) is 2.45. The van der Waals surface area contributed by atoms with Gasteiger partial charge in [-0.3, -0.25) is 10.1 Å². The van der Waals surface area contributed by atoms with Crippen LogP contribution in [0.4, 0.5) is 5.69 Å². The van der Waals surface area contributed by atoms with Crippen LogP contribution in [0.5, 0.6) is 5.75 Å². The Labute approximate surface area is 124 Å². The van der Waals surface area contributed by atoms with Crippen molar-refractivity contribution in [2.45, 2.75) is 18.9 Å². The van der Waals surface area contributed by atoms with Crippen LogP contribution in [0.1, 0.15) is 13.3 Å². The number of nitrogens with one attached hydrogen (secondary N) is 1. The minimum Gasteiger partial charge on any atom is -0.492 e. The molecule has 2 N–H and O–H groups in total. The first-order chi connectivity index (χ1) is 9.94. The van der Waals surface area contributed by atoms with Crippen LogP contribution in [-0.4, -0.2) is 49.0 Å². The number of hydrogen-bond acceptors (Lipinski definition) is 6. The van der Waals surface area contributed by atoms with Gasteiger partial charge in [0.05, 0.1) is 10.5 Å². The molecular formula is C14H22N2O5. The molecule has 0 aliphatic heterocycles. The second kappa shape index (κ2) is 8.56. The summed E-state index contributed by atoms with van der Waals surface area (Å²) in [5, 5.41) is 23.6. The highest BCUT2D eigenvalue weighted by molar-refractivity contribution is 5.35. The van der Waals surface area contributed by atoms with Gasteiger partial charge in [0.15, 0.2) is 0 Å². The predicted octanol–water partition coefficient (Wildman–Crippen LogP) is 1.35. The maximum absolute atomic E-state index is 10.5. The minimum atomic E-state index is -0.816. The molecule has 1 rings (SSSR count). The Morgan fingerprint density at radius 2 is 2.00 bits per heavy atom. The lowest BCUT2D eigenvalue weighted by atomic mass is 10.0. The zero-order chi connectivity index (χ0) is 15.7. The van der Waals surface area contributed by atoms with Crippen molar-refractivity contribution in [2.75, 3.05) is 33.4 Å². The van der Waals surface area contributed by atoms with Crippen molar-refractivity contribution in [1.82, 2.24) is 5.32 Å². The molecule has 0 aliphatic rings. The monoisotopic (exact) mass is 298 g/mol. The zero-order valence-corrected chi connectivity index (χ0v) is 12.4. The molecule has 21 heavy (non-hydrogen) atoms. The Morgan fingerprint density at radius 3 is 2.57 bits per heavy atom. The normalized spacial score (nSPS) is 13.7. The van der Waals surface area contributed by atoms with E-state index < -0.39 is 10.5 Å². The largest absolute Gasteiger partial charge is 0.492 e. The van der Waals surface area contributed by atoms with E-state index in [4.69, 9.17) is 9.47 Å².